The maximum absolute atomic E-state index is 5.82. The summed E-state index contributed by atoms with van der Waals surface area (Å²) in [5, 5.41) is 0. The van der Waals surface area contributed by atoms with Gasteiger partial charge >= 0.3 is 0 Å². The average molecular weight is 178 g/mol. The highest BCUT2D eigenvalue weighted by molar-refractivity contribution is 5.56. The number of anilines is 2. The van der Waals surface area contributed by atoms with E-state index in [-0.39, 0.29) is 0 Å². The molecule has 0 saturated carbocycles. The van der Waals surface area contributed by atoms with Gasteiger partial charge in [-0.3, -0.25) is 0 Å². The van der Waals surface area contributed by atoms with E-state index in [1.165, 1.54) is 24.8 Å². The second kappa shape index (κ2) is 4.75. The Hall–Kier alpha value is -1.18. The van der Waals surface area contributed by atoms with Crippen molar-refractivity contribution >= 4 is 11.4 Å². The zero-order valence-corrected chi connectivity index (χ0v) is 8.22. The van der Waals surface area contributed by atoms with Crippen LogP contribution in [0.2, 0.25) is 0 Å². The van der Waals surface area contributed by atoms with E-state index in [2.05, 4.69) is 6.92 Å². The van der Waals surface area contributed by atoms with Gasteiger partial charge in [0.25, 0.3) is 0 Å². The first-order valence-electron chi connectivity index (χ1n) is 4.88. The maximum atomic E-state index is 5.82. The summed E-state index contributed by atoms with van der Waals surface area (Å²) in [5.74, 6) is 0. The molecule has 0 radical (unpaired) electrons. The maximum Gasteiger partial charge on any atom is 0.0367 e. The molecule has 2 heteroatoms. The Morgan fingerprint density at radius 1 is 1.15 bits per heavy atom. The van der Waals surface area contributed by atoms with Crippen molar-refractivity contribution in [3.05, 3.63) is 23.8 Å². The fourth-order valence-electron chi connectivity index (χ4n) is 1.41. The van der Waals surface area contributed by atoms with Crippen molar-refractivity contribution in [2.45, 2.75) is 32.6 Å². The molecule has 72 valence electrons. The van der Waals surface area contributed by atoms with Crippen LogP contribution in [0, 0.1) is 0 Å². The third kappa shape index (κ3) is 2.98. The van der Waals surface area contributed by atoms with E-state index in [4.69, 9.17) is 11.5 Å². The summed E-state index contributed by atoms with van der Waals surface area (Å²) in [5.41, 5.74) is 14.2. The first-order valence-corrected chi connectivity index (χ1v) is 4.88. The standard InChI is InChI=1S/C11H18N2/c1-2-3-4-5-9-6-7-10(12)8-11(9)13/h6-8H,2-5,12-13H2,1H3. The third-order valence-corrected chi connectivity index (χ3v) is 2.22. The quantitative estimate of drug-likeness (QED) is 0.550. The molecule has 0 fully saturated rings. The SMILES string of the molecule is CCCCCc1ccc(N)cc1N. The normalized spacial score (nSPS) is 10.2. The Morgan fingerprint density at radius 3 is 2.54 bits per heavy atom. The Kier molecular flexibility index (Phi) is 3.62. The first kappa shape index (κ1) is 9.90. The molecule has 0 spiro atoms. The van der Waals surface area contributed by atoms with E-state index >= 15 is 0 Å². The molecule has 0 saturated heterocycles. The van der Waals surface area contributed by atoms with Crippen LogP contribution in [0.4, 0.5) is 11.4 Å². The van der Waals surface area contributed by atoms with Gasteiger partial charge in [0.2, 0.25) is 0 Å². The van der Waals surface area contributed by atoms with Gasteiger partial charge in [0.1, 0.15) is 0 Å². The highest BCUT2D eigenvalue weighted by Gasteiger charge is 1.98. The highest BCUT2D eigenvalue weighted by Crippen LogP contribution is 2.17. The average Bonchev–Trinajstić information content (AvgIpc) is 2.09. The summed E-state index contributed by atoms with van der Waals surface area (Å²) in [6.45, 7) is 2.20. The van der Waals surface area contributed by atoms with Gasteiger partial charge < -0.3 is 11.5 Å². The van der Waals surface area contributed by atoms with Crippen LogP contribution < -0.4 is 11.5 Å². The van der Waals surface area contributed by atoms with Gasteiger partial charge in [0.05, 0.1) is 0 Å². The van der Waals surface area contributed by atoms with E-state index in [1.54, 1.807) is 0 Å². The molecule has 0 unspecified atom stereocenters. The first-order chi connectivity index (χ1) is 6.24. The summed E-state index contributed by atoms with van der Waals surface area (Å²) >= 11 is 0. The van der Waals surface area contributed by atoms with Crippen molar-refractivity contribution in [2.24, 2.45) is 0 Å². The topological polar surface area (TPSA) is 52.0 Å². The van der Waals surface area contributed by atoms with Crippen molar-refractivity contribution < 1.29 is 0 Å². The van der Waals surface area contributed by atoms with Crippen LogP contribution in [0.15, 0.2) is 18.2 Å². The third-order valence-electron chi connectivity index (χ3n) is 2.22. The minimum Gasteiger partial charge on any atom is -0.399 e. The summed E-state index contributed by atoms with van der Waals surface area (Å²) in [6.07, 6.45) is 4.79. The molecule has 0 amide bonds. The van der Waals surface area contributed by atoms with Crippen molar-refractivity contribution in [3.63, 3.8) is 0 Å². The van der Waals surface area contributed by atoms with E-state index in [0.29, 0.717) is 0 Å². The van der Waals surface area contributed by atoms with E-state index < -0.39 is 0 Å². The van der Waals surface area contributed by atoms with Crippen LogP contribution in [0.1, 0.15) is 31.7 Å². The molecule has 4 N–H and O–H groups in total. The smallest absolute Gasteiger partial charge is 0.0367 e. The zero-order valence-electron chi connectivity index (χ0n) is 8.22. The van der Waals surface area contributed by atoms with E-state index in [1.807, 2.05) is 18.2 Å². The molecular formula is C11H18N2. The van der Waals surface area contributed by atoms with E-state index in [0.717, 1.165) is 17.8 Å². The van der Waals surface area contributed by atoms with Gasteiger partial charge in [0.15, 0.2) is 0 Å². The molecular weight excluding hydrogens is 160 g/mol. The lowest BCUT2D eigenvalue weighted by atomic mass is 10.1. The summed E-state index contributed by atoms with van der Waals surface area (Å²) in [7, 11) is 0. The number of hydrogen-bond acceptors (Lipinski definition) is 2. The molecule has 1 rings (SSSR count). The minimum absolute atomic E-state index is 0.747. The lowest BCUT2D eigenvalue weighted by Crippen LogP contribution is -1.96. The molecule has 0 heterocycles. The minimum atomic E-state index is 0.747. The zero-order chi connectivity index (χ0) is 9.68. The van der Waals surface area contributed by atoms with Crippen molar-refractivity contribution in [3.8, 4) is 0 Å². The van der Waals surface area contributed by atoms with Crippen molar-refractivity contribution in [2.75, 3.05) is 11.5 Å². The van der Waals surface area contributed by atoms with Gasteiger partial charge in [0, 0.05) is 11.4 Å². The van der Waals surface area contributed by atoms with Gasteiger partial charge in [-0.05, 0) is 30.5 Å². The molecule has 0 bridgehead atoms. The van der Waals surface area contributed by atoms with Crippen molar-refractivity contribution in [1.82, 2.24) is 0 Å². The highest BCUT2D eigenvalue weighted by atomic mass is 14.6. The van der Waals surface area contributed by atoms with Gasteiger partial charge in [-0.1, -0.05) is 25.8 Å². The summed E-state index contributed by atoms with van der Waals surface area (Å²) in [6, 6.07) is 5.78. The lowest BCUT2D eigenvalue weighted by molar-refractivity contribution is 0.718. The molecule has 1 aromatic carbocycles. The summed E-state index contributed by atoms with van der Waals surface area (Å²) < 4.78 is 0. The van der Waals surface area contributed by atoms with Crippen LogP contribution in [-0.2, 0) is 6.42 Å². The fourth-order valence-corrected chi connectivity index (χ4v) is 1.41. The van der Waals surface area contributed by atoms with E-state index in [9.17, 15) is 0 Å². The van der Waals surface area contributed by atoms with Gasteiger partial charge in [-0.25, -0.2) is 0 Å². The largest absolute Gasteiger partial charge is 0.399 e. The number of hydrogen-bond donors (Lipinski definition) is 2. The molecule has 0 aromatic heterocycles. The fraction of sp³-hybridized carbons (Fsp3) is 0.455. The Morgan fingerprint density at radius 2 is 1.92 bits per heavy atom. The van der Waals surface area contributed by atoms with Gasteiger partial charge in [-0.2, -0.15) is 0 Å². The molecule has 2 nitrogen and oxygen atoms in total. The molecule has 0 atom stereocenters. The molecule has 0 aliphatic rings. The van der Waals surface area contributed by atoms with Crippen LogP contribution in [0.3, 0.4) is 0 Å². The Balaban J connectivity index is 2.56. The second-order valence-corrected chi connectivity index (χ2v) is 3.42. The second-order valence-electron chi connectivity index (χ2n) is 3.42. The molecule has 0 aliphatic carbocycles. The number of nitrogens with two attached hydrogens (primary N) is 2. The van der Waals surface area contributed by atoms with Crippen LogP contribution >= 0.6 is 0 Å². The number of unbranched alkanes of at least 4 members (excludes halogenated alkanes) is 2. The Labute approximate surface area is 79.9 Å². The summed E-state index contributed by atoms with van der Waals surface area (Å²) in [4.78, 5) is 0. The van der Waals surface area contributed by atoms with Crippen LogP contribution in [0.5, 0.6) is 0 Å². The number of benzene rings is 1. The molecule has 0 aliphatic heterocycles. The van der Waals surface area contributed by atoms with Crippen LogP contribution in [-0.4, -0.2) is 0 Å². The lowest BCUT2D eigenvalue weighted by Gasteiger charge is -2.05. The number of aryl methyl sites for hydroxylation is 1. The monoisotopic (exact) mass is 178 g/mol. The predicted molar refractivity (Wildman–Crippen MR) is 58.5 cm³/mol. The van der Waals surface area contributed by atoms with Crippen LogP contribution in [0.25, 0.3) is 0 Å². The predicted octanol–water partition coefficient (Wildman–Crippen LogP) is 2.58. The Bertz CT molecular complexity index is 269. The van der Waals surface area contributed by atoms with Crippen molar-refractivity contribution in [1.29, 1.82) is 0 Å². The molecule has 13 heavy (non-hydrogen) atoms. The number of nitrogen functional groups attached to an aromatic ring is 2. The molecule has 1 aromatic rings. The van der Waals surface area contributed by atoms with Gasteiger partial charge in [-0.15, -0.1) is 0 Å². The number of rotatable bonds is 4.